The van der Waals surface area contributed by atoms with Crippen molar-refractivity contribution in [2.75, 3.05) is 6.54 Å². The van der Waals surface area contributed by atoms with Crippen molar-refractivity contribution in [2.45, 2.75) is 27.2 Å². The van der Waals surface area contributed by atoms with Crippen molar-refractivity contribution in [3.05, 3.63) is 33.5 Å². The quantitative estimate of drug-likeness (QED) is 0.841. The van der Waals surface area contributed by atoms with E-state index in [0.717, 1.165) is 21.7 Å². The Labute approximate surface area is 107 Å². The molecule has 0 saturated heterocycles. The van der Waals surface area contributed by atoms with Crippen LogP contribution < -0.4 is 5.32 Å². The first-order valence-corrected chi connectivity index (χ1v) is 6.75. The molecule has 0 atom stereocenters. The van der Waals surface area contributed by atoms with Crippen molar-refractivity contribution in [1.82, 2.24) is 5.32 Å². The molecule has 0 aliphatic carbocycles. The second-order valence-electron chi connectivity index (χ2n) is 3.60. The highest BCUT2D eigenvalue weighted by Crippen LogP contribution is 2.25. The minimum atomic E-state index is 0.0133. The molecule has 0 aliphatic heterocycles. The van der Waals surface area contributed by atoms with Crippen LogP contribution in [0.4, 0.5) is 0 Å². The smallest absolute Gasteiger partial charge is 0.261 e. The number of allylic oxidation sites excluding steroid dienone is 2. The molecule has 17 heavy (non-hydrogen) atoms. The molecule has 1 aromatic rings. The lowest BCUT2D eigenvalue weighted by atomic mass is 10.2. The van der Waals surface area contributed by atoms with Crippen LogP contribution in [0.25, 0.3) is 12.2 Å². The van der Waals surface area contributed by atoms with Gasteiger partial charge in [-0.05, 0) is 38.0 Å². The monoisotopic (exact) mass is 249 g/mol. The first-order chi connectivity index (χ1) is 8.22. The van der Waals surface area contributed by atoms with Crippen molar-refractivity contribution in [1.29, 1.82) is 0 Å². The van der Waals surface area contributed by atoms with Crippen LogP contribution in [0.15, 0.2) is 18.2 Å². The summed E-state index contributed by atoms with van der Waals surface area (Å²) in [7, 11) is 0. The van der Waals surface area contributed by atoms with E-state index < -0.39 is 0 Å². The third kappa shape index (κ3) is 3.86. The van der Waals surface area contributed by atoms with E-state index in [-0.39, 0.29) is 5.91 Å². The van der Waals surface area contributed by atoms with Crippen LogP contribution in [-0.2, 0) is 0 Å². The van der Waals surface area contributed by atoms with Crippen molar-refractivity contribution in [2.24, 2.45) is 0 Å². The van der Waals surface area contributed by atoms with Gasteiger partial charge in [-0.3, -0.25) is 4.79 Å². The lowest BCUT2D eigenvalue weighted by Crippen LogP contribution is -2.21. The van der Waals surface area contributed by atoms with Crippen LogP contribution in [0.3, 0.4) is 0 Å². The Morgan fingerprint density at radius 2 is 2.18 bits per heavy atom. The summed E-state index contributed by atoms with van der Waals surface area (Å²) < 4.78 is 0. The predicted octanol–water partition coefficient (Wildman–Crippen LogP) is 3.95. The zero-order valence-electron chi connectivity index (χ0n) is 10.6. The standard InChI is InChI=1S/C14H19NOS/c1-4-7-9-12-11(8-5-2)10-13(17-12)14(16)15-6-3/h5,7-10H,4,6H2,1-3H3,(H,15,16)/b8-5-,9-7+. The molecule has 0 aromatic carbocycles. The highest BCUT2D eigenvalue weighted by atomic mass is 32.1. The predicted molar refractivity (Wildman–Crippen MR) is 76.4 cm³/mol. The summed E-state index contributed by atoms with van der Waals surface area (Å²) in [4.78, 5) is 13.7. The van der Waals surface area contributed by atoms with Gasteiger partial charge in [0.1, 0.15) is 0 Å². The van der Waals surface area contributed by atoms with Crippen molar-refractivity contribution in [3.63, 3.8) is 0 Å². The highest BCUT2D eigenvalue weighted by molar-refractivity contribution is 7.15. The Bertz CT molecular complexity index is 429. The summed E-state index contributed by atoms with van der Waals surface area (Å²) in [5.41, 5.74) is 1.11. The summed E-state index contributed by atoms with van der Waals surface area (Å²) in [5.74, 6) is 0.0133. The maximum Gasteiger partial charge on any atom is 0.261 e. The minimum Gasteiger partial charge on any atom is -0.352 e. The number of carbonyl (C=O) groups excluding carboxylic acids is 1. The number of hydrogen-bond acceptors (Lipinski definition) is 2. The van der Waals surface area contributed by atoms with Gasteiger partial charge < -0.3 is 5.32 Å². The number of rotatable bonds is 5. The van der Waals surface area contributed by atoms with Gasteiger partial charge in [-0.15, -0.1) is 11.3 Å². The molecule has 0 spiro atoms. The molecule has 1 aromatic heterocycles. The van der Waals surface area contributed by atoms with Crippen LogP contribution in [0, 0.1) is 0 Å². The Kier molecular flexibility index (Phi) is 5.70. The number of thiophene rings is 1. The lowest BCUT2D eigenvalue weighted by molar-refractivity contribution is 0.0960. The average molecular weight is 249 g/mol. The van der Waals surface area contributed by atoms with Crippen LogP contribution in [0.2, 0.25) is 0 Å². The molecule has 3 heteroatoms. The number of hydrogen-bond donors (Lipinski definition) is 1. The largest absolute Gasteiger partial charge is 0.352 e. The maximum absolute atomic E-state index is 11.7. The van der Waals surface area contributed by atoms with Crippen LogP contribution in [-0.4, -0.2) is 12.5 Å². The molecule has 0 radical (unpaired) electrons. The topological polar surface area (TPSA) is 29.1 Å². The summed E-state index contributed by atoms with van der Waals surface area (Å²) >= 11 is 1.54. The first kappa shape index (κ1) is 13.7. The minimum absolute atomic E-state index is 0.0133. The summed E-state index contributed by atoms with van der Waals surface area (Å²) in [5, 5.41) is 2.82. The summed E-state index contributed by atoms with van der Waals surface area (Å²) in [6, 6.07) is 1.95. The average Bonchev–Trinajstić information content (AvgIpc) is 2.71. The Hall–Kier alpha value is -1.35. The zero-order chi connectivity index (χ0) is 12.7. The molecule has 0 fully saturated rings. The fraction of sp³-hybridized carbons (Fsp3) is 0.357. The highest BCUT2D eigenvalue weighted by Gasteiger charge is 2.10. The molecular formula is C14H19NOS. The molecule has 1 amide bonds. The van der Waals surface area contributed by atoms with Crippen molar-refractivity contribution < 1.29 is 4.79 Å². The molecule has 0 saturated carbocycles. The van der Waals surface area contributed by atoms with E-state index >= 15 is 0 Å². The molecule has 0 bridgehead atoms. The van der Waals surface area contributed by atoms with Crippen molar-refractivity contribution in [3.8, 4) is 0 Å². The fourth-order valence-corrected chi connectivity index (χ4v) is 2.44. The SMILES string of the molecule is C/C=C\c1cc(C(=O)NCC)sc1/C=C/CC. The van der Waals surface area contributed by atoms with Gasteiger partial charge in [0.2, 0.25) is 0 Å². The van der Waals surface area contributed by atoms with E-state index in [4.69, 9.17) is 0 Å². The Morgan fingerprint density at radius 3 is 2.76 bits per heavy atom. The molecule has 1 heterocycles. The number of nitrogens with one attached hydrogen (secondary N) is 1. The van der Waals surface area contributed by atoms with Gasteiger partial charge in [0, 0.05) is 11.4 Å². The molecule has 0 unspecified atom stereocenters. The zero-order valence-corrected chi connectivity index (χ0v) is 11.4. The van der Waals surface area contributed by atoms with E-state index in [1.54, 1.807) is 0 Å². The van der Waals surface area contributed by atoms with Gasteiger partial charge in [0.25, 0.3) is 5.91 Å². The van der Waals surface area contributed by atoms with Gasteiger partial charge in [-0.1, -0.05) is 25.2 Å². The van der Waals surface area contributed by atoms with E-state index in [2.05, 4.69) is 24.4 Å². The second-order valence-corrected chi connectivity index (χ2v) is 4.68. The summed E-state index contributed by atoms with van der Waals surface area (Å²) in [6.45, 7) is 6.67. The lowest BCUT2D eigenvalue weighted by Gasteiger charge is -1.96. The second kappa shape index (κ2) is 7.07. The Balaban J connectivity index is 3.03. The maximum atomic E-state index is 11.7. The van der Waals surface area contributed by atoms with E-state index in [1.165, 1.54) is 11.3 Å². The third-order valence-corrected chi connectivity index (χ3v) is 3.32. The third-order valence-electron chi connectivity index (χ3n) is 2.20. The molecule has 92 valence electrons. The van der Waals surface area contributed by atoms with Crippen molar-refractivity contribution >= 4 is 29.4 Å². The van der Waals surface area contributed by atoms with Gasteiger partial charge in [0.15, 0.2) is 0 Å². The molecule has 2 nitrogen and oxygen atoms in total. The van der Waals surface area contributed by atoms with Crippen LogP contribution in [0.5, 0.6) is 0 Å². The van der Waals surface area contributed by atoms with E-state index in [1.807, 2.05) is 32.1 Å². The van der Waals surface area contributed by atoms with E-state index in [9.17, 15) is 4.79 Å². The Morgan fingerprint density at radius 1 is 1.41 bits per heavy atom. The molecule has 0 aliphatic rings. The number of amides is 1. The first-order valence-electron chi connectivity index (χ1n) is 5.94. The molecule has 1 N–H and O–H groups in total. The van der Waals surface area contributed by atoms with Gasteiger partial charge in [-0.2, -0.15) is 0 Å². The normalized spacial score (nSPS) is 11.5. The van der Waals surface area contributed by atoms with E-state index in [0.29, 0.717) is 6.54 Å². The van der Waals surface area contributed by atoms with Crippen LogP contribution >= 0.6 is 11.3 Å². The number of carbonyl (C=O) groups is 1. The van der Waals surface area contributed by atoms with Crippen LogP contribution in [0.1, 0.15) is 47.3 Å². The molecule has 1 rings (SSSR count). The fourth-order valence-electron chi connectivity index (χ4n) is 1.44. The van der Waals surface area contributed by atoms with Gasteiger partial charge >= 0.3 is 0 Å². The summed E-state index contributed by atoms with van der Waals surface area (Å²) in [6.07, 6.45) is 9.23. The van der Waals surface area contributed by atoms with Gasteiger partial charge in [0.05, 0.1) is 4.88 Å². The molecular weight excluding hydrogens is 230 g/mol. The van der Waals surface area contributed by atoms with Gasteiger partial charge in [-0.25, -0.2) is 0 Å².